The summed E-state index contributed by atoms with van der Waals surface area (Å²) in [5.41, 5.74) is -0.332. The van der Waals surface area contributed by atoms with Crippen molar-refractivity contribution in [1.82, 2.24) is 15.1 Å². The molecule has 9 heteroatoms. The van der Waals surface area contributed by atoms with E-state index in [1.54, 1.807) is 18.7 Å². The first-order valence-electron chi connectivity index (χ1n) is 12.4. The summed E-state index contributed by atoms with van der Waals surface area (Å²) in [5.74, 6) is -2.71. The lowest BCUT2D eigenvalue weighted by molar-refractivity contribution is -0.144. The number of hydrogen-bond donors (Lipinski definition) is 1. The number of piperidine rings is 1. The van der Waals surface area contributed by atoms with E-state index in [-0.39, 0.29) is 42.3 Å². The predicted molar refractivity (Wildman–Crippen MR) is 134 cm³/mol. The number of benzene rings is 2. The molecule has 0 aliphatic carbocycles. The molecule has 2 heterocycles. The molecule has 8 nitrogen and oxygen atoms in total. The number of methoxy groups -OCH3 is 1. The van der Waals surface area contributed by atoms with E-state index in [0.29, 0.717) is 18.6 Å². The Kier molecular flexibility index (Phi) is 7.34. The molecule has 2 atom stereocenters. The minimum absolute atomic E-state index is 0.209. The molecule has 0 bridgehead atoms. The highest BCUT2D eigenvalue weighted by atomic mass is 19.1. The topological polar surface area (TPSA) is 96.0 Å². The van der Waals surface area contributed by atoms with Gasteiger partial charge in [0.2, 0.25) is 17.7 Å². The molecule has 1 N–H and O–H groups in total. The van der Waals surface area contributed by atoms with Crippen LogP contribution < -0.4 is 10.1 Å². The summed E-state index contributed by atoms with van der Waals surface area (Å²) in [6, 6.07) is 12.2. The van der Waals surface area contributed by atoms with E-state index in [0.717, 1.165) is 11.6 Å². The van der Waals surface area contributed by atoms with Crippen molar-refractivity contribution in [3.05, 3.63) is 65.5 Å². The molecule has 2 aliphatic heterocycles. The SMILES string of the molecule is COc1ccc(F)c(C(=O)N[C@@H](C(=O)N2CCC3(CC2)C(=O)N(C)C(=O)C3c2ccccc2)C(C)C)c1. The number of likely N-dealkylation sites (N-methyl/N-ethyl adjacent to an activating group) is 1. The summed E-state index contributed by atoms with van der Waals surface area (Å²) >= 11 is 0. The highest BCUT2D eigenvalue weighted by Crippen LogP contribution is 2.51. The number of rotatable bonds is 6. The molecule has 0 aromatic heterocycles. The van der Waals surface area contributed by atoms with Gasteiger partial charge in [-0.3, -0.25) is 24.1 Å². The number of hydrogen-bond acceptors (Lipinski definition) is 5. The number of likely N-dealkylation sites (tertiary alicyclic amines) is 2. The normalized spacial score (nSPS) is 19.9. The highest BCUT2D eigenvalue weighted by molar-refractivity contribution is 6.10. The number of halogens is 1. The third kappa shape index (κ3) is 4.70. The molecule has 0 radical (unpaired) electrons. The average Bonchev–Trinajstić information content (AvgIpc) is 3.08. The lowest BCUT2D eigenvalue weighted by atomic mass is 9.67. The van der Waals surface area contributed by atoms with Gasteiger partial charge in [-0.05, 0) is 42.5 Å². The van der Waals surface area contributed by atoms with Crippen molar-refractivity contribution >= 4 is 23.6 Å². The second-order valence-electron chi connectivity index (χ2n) is 10.1. The first-order valence-corrected chi connectivity index (χ1v) is 12.4. The molecule has 0 saturated carbocycles. The van der Waals surface area contributed by atoms with Crippen LogP contribution in [0.4, 0.5) is 4.39 Å². The summed E-state index contributed by atoms with van der Waals surface area (Å²) < 4.78 is 19.4. The van der Waals surface area contributed by atoms with Crippen LogP contribution in [0.1, 0.15) is 48.5 Å². The molecule has 2 aromatic carbocycles. The van der Waals surface area contributed by atoms with Gasteiger partial charge >= 0.3 is 0 Å². The smallest absolute Gasteiger partial charge is 0.255 e. The molecule has 37 heavy (non-hydrogen) atoms. The zero-order valence-corrected chi connectivity index (χ0v) is 21.5. The molecule has 4 rings (SSSR count). The molecule has 2 aromatic rings. The largest absolute Gasteiger partial charge is 0.497 e. The van der Waals surface area contributed by atoms with Crippen LogP contribution in [-0.2, 0) is 14.4 Å². The van der Waals surface area contributed by atoms with Gasteiger partial charge < -0.3 is 15.0 Å². The molecular weight excluding hydrogens is 477 g/mol. The van der Waals surface area contributed by atoms with Gasteiger partial charge in [-0.1, -0.05) is 44.2 Å². The van der Waals surface area contributed by atoms with Gasteiger partial charge in [0.05, 0.1) is 24.0 Å². The lowest BCUT2D eigenvalue weighted by Crippen LogP contribution is -2.55. The van der Waals surface area contributed by atoms with Crippen LogP contribution in [0.25, 0.3) is 0 Å². The second-order valence-corrected chi connectivity index (χ2v) is 10.1. The fourth-order valence-corrected chi connectivity index (χ4v) is 5.46. The number of ether oxygens (including phenoxy) is 1. The second kappa shape index (κ2) is 10.3. The van der Waals surface area contributed by atoms with Crippen molar-refractivity contribution in [1.29, 1.82) is 0 Å². The van der Waals surface area contributed by atoms with Crippen LogP contribution in [0.2, 0.25) is 0 Å². The molecular formula is C28H32FN3O5. The van der Waals surface area contributed by atoms with Gasteiger partial charge in [-0.25, -0.2) is 4.39 Å². The molecule has 1 spiro atoms. The fourth-order valence-electron chi connectivity index (χ4n) is 5.46. The fraction of sp³-hybridized carbons (Fsp3) is 0.429. The average molecular weight is 510 g/mol. The lowest BCUT2D eigenvalue weighted by Gasteiger charge is -2.41. The number of carbonyl (C=O) groups excluding carboxylic acids is 4. The Morgan fingerprint density at radius 2 is 1.73 bits per heavy atom. The number of nitrogens with zero attached hydrogens (tertiary/aromatic N) is 2. The Bertz CT molecular complexity index is 1210. The number of amides is 4. The van der Waals surface area contributed by atoms with Crippen molar-refractivity contribution in [2.45, 2.75) is 38.6 Å². The monoisotopic (exact) mass is 509 g/mol. The Morgan fingerprint density at radius 3 is 2.32 bits per heavy atom. The molecule has 1 unspecified atom stereocenters. The molecule has 2 fully saturated rings. The van der Waals surface area contributed by atoms with Crippen LogP contribution in [0, 0.1) is 17.2 Å². The van der Waals surface area contributed by atoms with E-state index in [1.165, 1.54) is 31.2 Å². The zero-order chi connectivity index (χ0) is 26.9. The maximum atomic E-state index is 14.3. The van der Waals surface area contributed by atoms with Gasteiger partial charge in [0, 0.05) is 20.1 Å². The van der Waals surface area contributed by atoms with Crippen molar-refractivity contribution < 1.29 is 28.3 Å². The maximum Gasteiger partial charge on any atom is 0.255 e. The highest BCUT2D eigenvalue weighted by Gasteiger charge is 2.59. The molecule has 196 valence electrons. The van der Waals surface area contributed by atoms with E-state index < -0.39 is 29.1 Å². The quantitative estimate of drug-likeness (QED) is 0.604. The zero-order valence-electron chi connectivity index (χ0n) is 21.5. The standard InChI is InChI=1S/C28H32FN3O5/c1-17(2)23(30-24(33)20-16-19(37-4)10-11-21(20)29)26(35)32-14-12-28(13-15-32)22(18-8-6-5-7-9-18)25(34)31(3)27(28)36/h5-11,16-17,22-23H,12-15H2,1-4H3,(H,30,33)/t22?,23-/m1/s1. The van der Waals surface area contributed by atoms with Crippen LogP contribution in [0.5, 0.6) is 5.75 Å². The van der Waals surface area contributed by atoms with Gasteiger partial charge in [0.1, 0.15) is 17.6 Å². The minimum atomic E-state index is -0.912. The Hall–Kier alpha value is -3.75. The van der Waals surface area contributed by atoms with Crippen molar-refractivity contribution in [3.8, 4) is 5.75 Å². The summed E-state index contributed by atoms with van der Waals surface area (Å²) in [6.07, 6.45) is 0.660. The Morgan fingerprint density at radius 1 is 1.08 bits per heavy atom. The maximum absolute atomic E-state index is 14.3. The van der Waals surface area contributed by atoms with Crippen LogP contribution >= 0.6 is 0 Å². The molecule has 2 aliphatic rings. The van der Waals surface area contributed by atoms with E-state index in [9.17, 15) is 23.6 Å². The Balaban J connectivity index is 1.52. The van der Waals surface area contributed by atoms with Crippen molar-refractivity contribution in [2.75, 3.05) is 27.2 Å². The van der Waals surface area contributed by atoms with E-state index in [2.05, 4.69) is 5.32 Å². The van der Waals surface area contributed by atoms with E-state index in [4.69, 9.17) is 4.74 Å². The third-order valence-electron chi connectivity index (χ3n) is 7.60. The summed E-state index contributed by atoms with van der Waals surface area (Å²) in [4.78, 5) is 55.6. The molecule has 2 saturated heterocycles. The summed E-state index contributed by atoms with van der Waals surface area (Å²) in [7, 11) is 2.93. The van der Waals surface area contributed by atoms with Crippen LogP contribution in [0.3, 0.4) is 0 Å². The van der Waals surface area contributed by atoms with Crippen molar-refractivity contribution in [3.63, 3.8) is 0 Å². The van der Waals surface area contributed by atoms with E-state index >= 15 is 0 Å². The molecule has 4 amide bonds. The van der Waals surface area contributed by atoms with E-state index in [1.807, 2.05) is 30.3 Å². The van der Waals surface area contributed by atoms with Gasteiger partial charge in [-0.2, -0.15) is 0 Å². The number of imide groups is 1. The minimum Gasteiger partial charge on any atom is -0.497 e. The summed E-state index contributed by atoms with van der Waals surface area (Å²) in [5, 5.41) is 2.69. The van der Waals surface area contributed by atoms with Gasteiger partial charge in [0.15, 0.2) is 0 Å². The summed E-state index contributed by atoms with van der Waals surface area (Å²) in [6.45, 7) is 4.13. The van der Waals surface area contributed by atoms with Crippen LogP contribution in [-0.4, -0.2) is 66.7 Å². The van der Waals surface area contributed by atoms with Crippen molar-refractivity contribution in [2.24, 2.45) is 11.3 Å². The number of carbonyl (C=O) groups is 4. The van der Waals surface area contributed by atoms with Gasteiger partial charge in [-0.15, -0.1) is 0 Å². The first-order chi connectivity index (χ1) is 17.6. The Labute approximate surface area is 215 Å². The first kappa shape index (κ1) is 26.3. The predicted octanol–water partition coefficient (Wildman–Crippen LogP) is 2.98. The van der Waals surface area contributed by atoms with Crippen LogP contribution in [0.15, 0.2) is 48.5 Å². The third-order valence-corrected chi connectivity index (χ3v) is 7.60. The number of nitrogens with one attached hydrogen (secondary N) is 1. The van der Waals surface area contributed by atoms with Gasteiger partial charge in [0.25, 0.3) is 5.91 Å².